The van der Waals surface area contributed by atoms with Crippen molar-refractivity contribution in [3.05, 3.63) is 70.1 Å². The summed E-state index contributed by atoms with van der Waals surface area (Å²) >= 11 is 0. The van der Waals surface area contributed by atoms with E-state index in [1.807, 2.05) is 0 Å². The molecule has 68 valence electrons. The van der Waals surface area contributed by atoms with Gasteiger partial charge in [0.05, 0.1) is 9.52 Å². The minimum atomic E-state index is 0.350. The average molecular weight is 188 g/mol. The Morgan fingerprint density at radius 3 is 1.50 bits per heavy atom. The van der Waals surface area contributed by atoms with Crippen LogP contribution in [-0.2, 0) is 0 Å². The lowest BCUT2D eigenvalue weighted by Gasteiger charge is -1.94. The summed E-state index contributed by atoms with van der Waals surface area (Å²) in [6.45, 7) is 0. The van der Waals surface area contributed by atoms with Gasteiger partial charge >= 0.3 is 11.4 Å². The Morgan fingerprint density at radius 1 is 0.714 bits per heavy atom. The molecule has 2 rings (SSSR count). The van der Waals surface area contributed by atoms with E-state index in [0.717, 1.165) is 0 Å². The number of nitrogens with zero attached hydrogens (tertiary/aromatic N) is 2. The standard InChI is InChI=1S/C10H8N2O2/c13-11-7-3-1-5-9(11)10-6-2-4-8-12(10)14/h1-8H/q+2. The molecule has 4 heteroatoms. The van der Waals surface area contributed by atoms with Crippen LogP contribution in [0.25, 0.3) is 0 Å². The van der Waals surface area contributed by atoms with Crippen LogP contribution in [0.5, 0.6) is 0 Å². The number of allylic oxidation sites excluding steroid dienone is 6. The first-order chi connectivity index (χ1) is 6.79. The van der Waals surface area contributed by atoms with Crippen LogP contribution >= 0.6 is 0 Å². The molecule has 0 bridgehead atoms. The van der Waals surface area contributed by atoms with Crippen LogP contribution in [0.2, 0.25) is 0 Å². The first kappa shape index (κ1) is 8.50. The summed E-state index contributed by atoms with van der Waals surface area (Å²) in [7, 11) is 0. The van der Waals surface area contributed by atoms with Gasteiger partial charge < -0.3 is 0 Å². The Morgan fingerprint density at radius 2 is 1.14 bits per heavy atom. The first-order valence-corrected chi connectivity index (χ1v) is 4.16. The number of hydrogen-bond donors (Lipinski definition) is 0. The van der Waals surface area contributed by atoms with E-state index in [1.165, 1.54) is 12.4 Å². The molecular weight excluding hydrogens is 180 g/mol. The molecule has 0 amide bonds. The fraction of sp³-hybridized carbons (Fsp3) is 0. The Hall–Kier alpha value is -2.10. The van der Waals surface area contributed by atoms with Crippen LogP contribution in [0.4, 0.5) is 0 Å². The fourth-order valence-corrected chi connectivity index (χ4v) is 1.25. The Bertz CT molecular complexity index is 409. The largest absolute Gasteiger partial charge is 0.338 e. The third-order valence-electron chi connectivity index (χ3n) is 1.91. The van der Waals surface area contributed by atoms with E-state index >= 15 is 0 Å². The summed E-state index contributed by atoms with van der Waals surface area (Å²) < 4.78 is 1.34. The second kappa shape index (κ2) is 3.33. The van der Waals surface area contributed by atoms with Crippen molar-refractivity contribution < 1.29 is 9.52 Å². The van der Waals surface area contributed by atoms with Gasteiger partial charge in [0.1, 0.15) is 0 Å². The lowest BCUT2D eigenvalue weighted by atomic mass is 10.2. The van der Waals surface area contributed by atoms with Gasteiger partial charge in [-0.25, -0.2) is 0 Å². The van der Waals surface area contributed by atoms with Crippen molar-refractivity contribution in [1.29, 1.82) is 0 Å². The van der Waals surface area contributed by atoms with Crippen molar-refractivity contribution in [2.45, 2.75) is 0 Å². The SMILES string of the molecule is O=[N+]1C=CC=CC1=C1C=CC=C[N+]1=O. The first-order valence-electron chi connectivity index (χ1n) is 4.16. The molecule has 2 aliphatic heterocycles. The molecule has 0 aromatic rings. The molecule has 0 saturated carbocycles. The summed E-state index contributed by atoms with van der Waals surface area (Å²) in [6, 6.07) is 0. The third-order valence-corrected chi connectivity index (χ3v) is 1.91. The molecule has 0 aromatic heterocycles. The van der Waals surface area contributed by atoms with Crippen molar-refractivity contribution in [2.24, 2.45) is 0 Å². The summed E-state index contributed by atoms with van der Waals surface area (Å²) in [5.74, 6) is 0. The monoisotopic (exact) mass is 188 g/mol. The van der Waals surface area contributed by atoms with Crippen LogP contribution in [0, 0.1) is 9.81 Å². The van der Waals surface area contributed by atoms with Gasteiger partial charge in [0, 0.05) is 34.1 Å². The fourth-order valence-electron chi connectivity index (χ4n) is 1.25. The van der Waals surface area contributed by atoms with Crippen LogP contribution < -0.4 is 0 Å². The Balaban J connectivity index is 2.50. The van der Waals surface area contributed by atoms with E-state index in [1.54, 1.807) is 36.5 Å². The average Bonchev–Trinajstić information content (AvgIpc) is 2.20. The zero-order chi connectivity index (χ0) is 9.97. The third kappa shape index (κ3) is 1.37. The smallest absolute Gasteiger partial charge is 0.0491 e. The van der Waals surface area contributed by atoms with Crippen molar-refractivity contribution in [3.8, 4) is 0 Å². The minimum absolute atomic E-state index is 0.350. The van der Waals surface area contributed by atoms with Gasteiger partial charge in [-0.05, 0) is 12.2 Å². The molecule has 4 nitrogen and oxygen atoms in total. The summed E-state index contributed by atoms with van der Waals surface area (Å²) in [4.78, 5) is 22.7. The topological polar surface area (TPSA) is 40.2 Å². The minimum Gasteiger partial charge on any atom is -0.0491 e. The Kier molecular flexibility index (Phi) is 2.02. The van der Waals surface area contributed by atoms with E-state index < -0.39 is 0 Å². The highest BCUT2D eigenvalue weighted by Gasteiger charge is 2.30. The van der Waals surface area contributed by atoms with Crippen molar-refractivity contribution in [2.75, 3.05) is 0 Å². The van der Waals surface area contributed by atoms with E-state index in [9.17, 15) is 9.81 Å². The maximum atomic E-state index is 11.3. The number of hydrogen-bond acceptors (Lipinski definition) is 2. The molecular formula is C10H8N2O2+2. The van der Waals surface area contributed by atoms with Gasteiger partial charge in [0.15, 0.2) is 0 Å². The van der Waals surface area contributed by atoms with Crippen LogP contribution in [0.15, 0.2) is 60.3 Å². The summed E-state index contributed by atoms with van der Waals surface area (Å²) in [5.41, 5.74) is 0.700. The molecule has 0 aromatic carbocycles. The molecule has 2 heterocycles. The van der Waals surface area contributed by atoms with Gasteiger partial charge in [-0.1, -0.05) is 0 Å². The second-order valence-corrected chi connectivity index (χ2v) is 2.82. The lowest BCUT2D eigenvalue weighted by molar-refractivity contribution is -0.464. The predicted molar refractivity (Wildman–Crippen MR) is 50.8 cm³/mol. The van der Waals surface area contributed by atoms with Gasteiger partial charge in [-0.15, -0.1) is 0 Å². The van der Waals surface area contributed by atoms with E-state index in [2.05, 4.69) is 0 Å². The highest BCUT2D eigenvalue weighted by molar-refractivity contribution is 5.30. The Labute approximate surface area is 80.4 Å². The number of nitroso groups, excluding NO2 is 2. The lowest BCUT2D eigenvalue weighted by Crippen LogP contribution is -2.10. The highest BCUT2D eigenvalue weighted by atomic mass is 16.3. The molecule has 0 N–H and O–H groups in total. The maximum absolute atomic E-state index is 11.3. The molecule has 2 aliphatic rings. The summed E-state index contributed by atoms with van der Waals surface area (Å²) in [5, 5.41) is 0. The van der Waals surface area contributed by atoms with E-state index in [0.29, 0.717) is 20.9 Å². The second-order valence-electron chi connectivity index (χ2n) is 2.82. The molecule has 0 spiro atoms. The van der Waals surface area contributed by atoms with Crippen molar-refractivity contribution >= 4 is 0 Å². The normalized spacial score (nSPS) is 24.9. The quantitative estimate of drug-likeness (QED) is 0.545. The van der Waals surface area contributed by atoms with E-state index in [-0.39, 0.29) is 0 Å². The van der Waals surface area contributed by atoms with Gasteiger partial charge in [0.2, 0.25) is 12.4 Å². The zero-order valence-electron chi connectivity index (χ0n) is 7.33. The van der Waals surface area contributed by atoms with Crippen LogP contribution in [0.3, 0.4) is 0 Å². The maximum Gasteiger partial charge on any atom is 0.338 e. The summed E-state index contributed by atoms with van der Waals surface area (Å²) in [6.07, 6.45) is 12.6. The highest BCUT2D eigenvalue weighted by Crippen LogP contribution is 2.16. The predicted octanol–water partition coefficient (Wildman–Crippen LogP) is 1.92. The molecule has 0 unspecified atom stereocenters. The van der Waals surface area contributed by atoms with Gasteiger partial charge in [-0.2, -0.15) is 0 Å². The van der Waals surface area contributed by atoms with Crippen LogP contribution in [0.1, 0.15) is 0 Å². The number of rotatable bonds is 0. The molecule has 0 fully saturated rings. The van der Waals surface area contributed by atoms with Crippen molar-refractivity contribution in [3.63, 3.8) is 0 Å². The zero-order valence-corrected chi connectivity index (χ0v) is 7.33. The molecule has 0 atom stereocenters. The molecule has 0 saturated heterocycles. The van der Waals surface area contributed by atoms with Gasteiger partial charge in [-0.3, -0.25) is 0 Å². The molecule has 0 aliphatic carbocycles. The van der Waals surface area contributed by atoms with E-state index in [4.69, 9.17) is 0 Å². The van der Waals surface area contributed by atoms with Gasteiger partial charge in [0.25, 0.3) is 0 Å². The van der Waals surface area contributed by atoms with Crippen LogP contribution in [-0.4, -0.2) is 9.52 Å². The van der Waals surface area contributed by atoms with Crippen molar-refractivity contribution in [1.82, 2.24) is 0 Å². The molecule has 14 heavy (non-hydrogen) atoms. The molecule has 0 radical (unpaired) electrons.